The summed E-state index contributed by atoms with van der Waals surface area (Å²) in [6.45, 7) is 2.07. The molecule has 0 unspecified atom stereocenters. The van der Waals surface area contributed by atoms with Crippen LogP contribution >= 0.6 is 22.9 Å². The summed E-state index contributed by atoms with van der Waals surface area (Å²) in [6, 6.07) is 9.85. The number of hydrogen-bond acceptors (Lipinski definition) is 7. The zero-order valence-corrected chi connectivity index (χ0v) is 18.4. The van der Waals surface area contributed by atoms with Crippen LogP contribution in [-0.2, 0) is 14.3 Å². The predicted octanol–water partition coefficient (Wildman–Crippen LogP) is 2.67. The molecule has 1 aromatic carbocycles. The molecule has 1 aliphatic rings. The third-order valence-corrected chi connectivity index (χ3v) is 6.11. The van der Waals surface area contributed by atoms with Crippen molar-refractivity contribution >= 4 is 35.0 Å². The van der Waals surface area contributed by atoms with Gasteiger partial charge in [-0.3, -0.25) is 9.36 Å². The number of rotatable bonds is 6. The lowest BCUT2D eigenvalue weighted by Crippen LogP contribution is -2.40. The van der Waals surface area contributed by atoms with Gasteiger partial charge in [0.2, 0.25) is 0 Å². The number of carbonyl (C=O) groups excluding carboxylic acids is 1. The molecule has 9 heteroatoms. The number of halogens is 1. The lowest BCUT2D eigenvalue weighted by Gasteiger charge is -2.25. The summed E-state index contributed by atoms with van der Waals surface area (Å²) in [5, 5.41) is 0.435. The van der Waals surface area contributed by atoms with Crippen LogP contribution in [-0.4, -0.2) is 30.9 Å². The number of nitrogens with zero attached hydrogens (tertiary/aromatic N) is 2. The number of allylic oxidation sites excluding steroid dienone is 1. The van der Waals surface area contributed by atoms with Crippen LogP contribution in [0.2, 0.25) is 5.02 Å². The van der Waals surface area contributed by atoms with Crippen molar-refractivity contribution in [3.63, 3.8) is 0 Å². The molecule has 7 nitrogen and oxygen atoms in total. The SMILES string of the molecule is COCCOC(=O)C1=C(C)N=c2s/c(=C\c3ccco3)c(=O)n2[C@@H]1c1ccccc1Cl. The number of aromatic nitrogens is 1. The molecule has 0 spiro atoms. The summed E-state index contributed by atoms with van der Waals surface area (Å²) in [7, 11) is 1.52. The van der Waals surface area contributed by atoms with Crippen molar-refractivity contribution in [2.75, 3.05) is 20.3 Å². The normalized spacial score (nSPS) is 16.2. The Hall–Kier alpha value is -2.94. The maximum Gasteiger partial charge on any atom is 0.338 e. The Morgan fingerprint density at radius 3 is 2.81 bits per heavy atom. The van der Waals surface area contributed by atoms with Gasteiger partial charge in [-0.1, -0.05) is 41.1 Å². The molecule has 0 saturated heterocycles. The summed E-state index contributed by atoms with van der Waals surface area (Å²) in [4.78, 5) is 31.4. The van der Waals surface area contributed by atoms with Gasteiger partial charge in [-0.05, 0) is 30.7 Å². The molecule has 0 saturated carbocycles. The van der Waals surface area contributed by atoms with E-state index in [-0.39, 0.29) is 24.3 Å². The molecule has 1 atom stereocenters. The van der Waals surface area contributed by atoms with Crippen molar-refractivity contribution in [3.8, 4) is 0 Å². The molecule has 4 rings (SSSR count). The van der Waals surface area contributed by atoms with E-state index in [4.69, 9.17) is 25.5 Å². The van der Waals surface area contributed by atoms with Crippen molar-refractivity contribution in [1.29, 1.82) is 0 Å². The third-order valence-electron chi connectivity index (χ3n) is 4.78. The monoisotopic (exact) mass is 458 g/mol. The number of fused-ring (bicyclic) bond motifs is 1. The summed E-state index contributed by atoms with van der Waals surface area (Å²) in [5.74, 6) is -0.0157. The van der Waals surface area contributed by atoms with Gasteiger partial charge < -0.3 is 13.9 Å². The minimum absolute atomic E-state index is 0.0876. The maximum atomic E-state index is 13.4. The van der Waals surface area contributed by atoms with Crippen LogP contribution in [0, 0.1) is 0 Å². The number of furan rings is 1. The number of benzene rings is 1. The molecule has 31 heavy (non-hydrogen) atoms. The summed E-state index contributed by atoms with van der Waals surface area (Å²) >= 11 is 7.71. The maximum absolute atomic E-state index is 13.4. The summed E-state index contributed by atoms with van der Waals surface area (Å²) < 4.78 is 17.6. The second kappa shape index (κ2) is 9.05. The fourth-order valence-corrected chi connectivity index (χ4v) is 4.64. The Morgan fingerprint density at radius 1 is 1.29 bits per heavy atom. The van der Waals surface area contributed by atoms with Crippen molar-refractivity contribution in [2.45, 2.75) is 13.0 Å². The highest BCUT2D eigenvalue weighted by atomic mass is 35.5. The average Bonchev–Trinajstić information content (AvgIpc) is 3.36. The van der Waals surface area contributed by atoms with Crippen molar-refractivity contribution < 1.29 is 18.7 Å². The van der Waals surface area contributed by atoms with Gasteiger partial charge in [-0.25, -0.2) is 9.79 Å². The van der Waals surface area contributed by atoms with Gasteiger partial charge in [0, 0.05) is 18.2 Å². The molecule has 3 heterocycles. The van der Waals surface area contributed by atoms with Crippen molar-refractivity contribution in [3.05, 3.63) is 90.0 Å². The number of carbonyl (C=O) groups is 1. The first-order valence-electron chi connectivity index (χ1n) is 9.48. The molecular weight excluding hydrogens is 440 g/mol. The van der Waals surface area contributed by atoms with E-state index in [2.05, 4.69) is 4.99 Å². The summed E-state index contributed by atoms with van der Waals surface area (Å²) in [5.41, 5.74) is 1.06. The van der Waals surface area contributed by atoms with E-state index in [9.17, 15) is 9.59 Å². The number of esters is 1. The van der Waals surface area contributed by atoms with E-state index < -0.39 is 12.0 Å². The minimum Gasteiger partial charge on any atom is -0.465 e. The van der Waals surface area contributed by atoms with Gasteiger partial charge in [-0.15, -0.1) is 0 Å². The van der Waals surface area contributed by atoms with E-state index in [0.29, 0.717) is 31.4 Å². The molecule has 0 N–H and O–H groups in total. The average molecular weight is 459 g/mol. The van der Waals surface area contributed by atoms with Crippen LogP contribution in [0.5, 0.6) is 0 Å². The van der Waals surface area contributed by atoms with E-state index in [0.717, 1.165) is 0 Å². The van der Waals surface area contributed by atoms with Gasteiger partial charge in [0.05, 0.1) is 28.7 Å². The van der Waals surface area contributed by atoms with Crippen molar-refractivity contribution in [2.24, 2.45) is 4.99 Å². The van der Waals surface area contributed by atoms with E-state index in [1.54, 1.807) is 43.3 Å². The molecule has 160 valence electrons. The van der Waals surface area contributed by atoms with Gasteiger partial charge >= 0.3 is 5.97 Å². The number of methoxy groups -OCH3 is 1. The van der Waals surface area contributed by atoms with Gasteiger partial charge in [0.25, 0.3) is 5.56 Å². The predicted molar refractivity (Wildman–Crippen MR) is 117 cm³/mol. The van der Waals surface area contributed by atoms with Crippen LogP contribution in [0.3, 0.4) is 0 Å². The molecule has 0 radical (unpaired) electrons. The van der Waals surface area contributed by atoms with Crippen LogP contribution in [0.4, 0.5) is 0 Å². The Bertz CT molecular complexity index is 1320. The Labute approximate surface area is 186 Å². The van der Waals surface area contributed by atoms with Crippen LogP contribution in [0.25, 0.3) is 6.08 Å². The summed E-state index contributed by atoms with van der Waals surface area (Å²) in [6.07, 6.45) is 3.19. The van der Waals surface area contributed by atoms with Crippen molar-refractivity contribution in [1.82, 2.24) is 4.57 Å². The van der Waals surface area contributed by atoms with Crippen LogP contribution < -0.4 is 14.9 Å². The Balaban J connectivity index is 1.91. The second-order valence-corrected chi connectivity index (χ2v) is 8.16. The molecule has 0 bridgehead atoms. The van der Waals surface area contributed by atoms with E-state index in [1.165, 1.54) is 29.3 Å². The first kappa shape index (κ1) is 21.3. The Kier molecular flexibility index (Phi) is 6.22. The largest absolute Gasteiger partial charge is 0.465 e. The molecule has 0 fully saturated rings. The zero-order valence-electron chi connectivity index (χ0n) is 16.8. The zero-order chi connectivity index (χ0) is 22.0. The first-order chi connectivity index (χ1) is 15.0. The standard InChI is InChI=1S/C22H19ClN2O5S/c1-13-18(21(27)30-11-10-28-2)19(15-7-3-4-8-16(15)23)25-20(26)17(31-22(25)24-13)12-14-6-5-9-29-14/h3-9,12,19H,10-11H2,1-2H3/b17-12-/t19-/m1/s1. The number of ether oxygens (including phenoxy) is 2. The molecule has 3 aromatic rings. The second-order valence-electron chi connectivity index (χ2n) is 6.75. The molecule has 0 amide bonds. The topological polar surface area (TPSA) is 83.0 Å². The molecular formula is C22H19ClN2O5S. The lowest BCUT2D eigenvalue weighted by atomic mass is 9.96. The smallest absolute Gasteiger partial charge is 0.338 e. The highest BCUT2D eigenvalue weighted by Gasteiger charge is 2.34. The minimum atomic E-state index is -0.765. The fraction of sp³-hybridized carbons (Fsp3) is 0.227. The fourth-order valence-electron chi connectivity index (χ4n) is 3.37. The number of hydrogen-bond donors (Lipinski definition) is 0. The number of thiazole rings is 1. The van der Waals surface area contributed by atoms with Gasteiger partial charge in [0.15, 0.2) is 4.80 Å². The third kappa shape index (κ3) is 4.14. The lowest BCUT2D eigenvalue weighted by molar-refractivity contribution is -0.140. The van der Waals surface area contributed by atoms with Gasteiger partial charge in [0.1, 0.15) is 18.4 Å². The van der Waals surface area contributed by atoms with Crippen LogP contribution in [0.15, 0.2) is 68.1 Å². The highest BCUT2D eigenvalue weighted by molar-refractivity contribution is 7.07. The quantitative estimate of drug-likeness (QED) is 0.419. The molecule has 1 aliphatic heterocycles. The highest BCUT2D eigenvalue weighted by Crippen LogP contribution is 2.34. The Morgan fingerprint density at radius 2 is 2.10 bits per heavy atom. The molecule has 2 aromatic heterocycles. The van der Waals surface area contributed by atoms with E-state index >= 15 is 0 Å². The first-order valence-corrected chi connectivity index (χ1v) is 10.7. The van der Waals surface area contributed by atoms with E-state index in [1.807, 2.05) is 6.07 Å². The van der Waals surface area contributed by atoms with Gasteiger partial charge in [-0.2, -0.15) is 0 Å². The van der Waals surface area contributed by atoms with Crippen LogP contribution in [0.1, 0.15) is 24.3 Å². The molecule has 0 aliphatic carbocycles.